The maximum absolute atomic E-state index is 13.6. The van der Waals surface area contributed by atoms with Crippen LogP contribution < -0.4 is 0 Å². The lowest BCUT2D eigenvalue weighted by Crippen LogP contribution is -2.47. The quantitative estimate of drug-likeness (QED) is 0.736. The second-order valence-corrected chi connectivity index (χ2v) is 8.86. The van der Waals surface area contributed by atoms with Gasteiger partial charge in [-0.2, -0.15) is 0 Å². The molecule has 1 aromatic carbocycles. The van der Waals surface area contributed by atoms with Crippen LogP contribution in [0.4, 0.5) is 0 Å². The van der Waals surface area contributed by atoms with E-state index in [9.17, 15) is 9.59 Å². The fourth-order valence-electron chi connectivity index (χ4n) is 4.86. The number of carbonyl (C=O) groups is 2. The molecule has 0 bridgehead atoms. The molecular formula is C24H33N3O2. The zero-order chi connectivity index (χ0) is 20.4. The molecule has 2 heterocycles. The highest BCUT2D eigenvalue weighted by Crippen LogP contribution is 2.36. The Hall–Kier alpha value is -2.14. The van der Waals surface area contributed by atoms with Gasteiger partial charge in [-0.15, -0.1) is 0 Å². The number of benzene rings is 1. The number of carbonyl (C=O) groups excluding carboxylic acids is 2. The van der Waals surface area contributed by atoms with E-state index in [0.29, 0.717) is 11.3 Å². The lowest BCUT2D eigenvalue weighted by molar-refractivity contribution is -0.140. The van der Waals surface area contributed by atoms with E-state index in [-0.39, 0.29) is 17.9 Å². The van der Waals surface area contributed by atoms with Crippen molar-refractivity contribution in [2.75, 3.05) is 33.2 Å². The molecule has 156 valence electrons. The van der Waals surface area contributed by atoms with Gasteiger partial charge in [0.05, 0.1) is 5.57 Å². The molecule has 0 atom stereocenters. The molecule has 5 nitrogen and oxygen atoms in total. The van der Waals surface area contributed by atoms with Gasteiger partial charge in [0, 0.05) is 32.2 Å². The predicted molar refractivity (Wildman–Crippen MR) is 115 cm³/mol. The molecule has 0 unspecified atom stereocenters. The second-order valence-electron chi connectivity index (χ2n) is 8.86. The molecule has 0 spiro atoms. The summed E-state index contributed by atoms with van der Waals surface area (Å²) >= 11 is 0. The van der Waals surface area contributed by atoms with Gasteiger partial charge in [0.15, 0.2) is 0 Å². The molecular weight excluding hydrogens is 362 g/mol. The maximum Gasteiger partial charge on any atom is 0.278 e. The van der Waals surface area contributed by atoms with Crippen LogP contribution >= 0.6 is 0 Å². The predicted octanol–water partition coefficient (Wildman–Crippen LogP) is 3.44. The van der Waals surface area contributed by atoms with Crippen LogP contribution in [0.2, 0.25) is 0 Å². The van der Waals surface area contributed by atoms with E-state index in [1.54, 1.807) is 4.90 Å². The summed E-state index contributed by atoms with van der Waals surface area (Å²) in [7, 11) is 2.11. The SMILES string of the molecule is Cc1ccc(C2=C(N3CCN(C)CC3)C(=O)N(C3CCCCCCC3)C2=O)cc1. The van der Waals surface area contributed by atoms with Crippen molar-refractivity contribution in [1.82, 2.24) is 14.7 Å². The average Bonchev–Trinajstić information content (AvgIpc) is 2.94. The molecule has 2 amide bonds. The van der Waals surface area contributed by atoms with Crippen LogP contribution in [0.1, 0.15) is 56.1 Å². The van der Waals surface area contributed by atoms with Gasteiger partial charge in [0.1, 0.15) is 5.70 Å². The minimum Gasteiger partial charge on any atom is -0.364 e. The van der Waals surface area contributed by atoms with E-state index >= 15 is 0 Å². The Morgan fingerprint density at radius 1 is 0.793 bits per heavy atom. The maximum atomic E-state index is 13.6. The smallest absolute Gasteiger partial charge is 0.278 e. The molecule has 5 heteroatoms. The number of piperazine rings is 1. The van der Waals surface area contributed by atoms with Crippen molar-refractivity contribution in [2.24, 2.45) is 0 Å². The van der Waals surface area contributed by atoms with Crippen molar-refractivity contribution in [3.63, 3.8) is 0 Å². The highest BCUT2D eigenvalue weighted by molar-refractivity contribution is 6.35. The van der Waals surface area contributed by atoms with Gasteiger partial charge in [-0.05, 0) is 32.4 Å². The van der Waals surface area contributed by atoms with Gasteiger partial charge < -0.3 is 9.80 Å². The van der Waals surface area contributed by atoms with Crippen LogP contribution in [0, 0.1) is 6.92 Å². The Balaban J connectivity index is 1.70. The minimum absolute atomic E-state index is 0.0423. The van der Waals surface area contributed by atoms with E-state index in [2.05, 4.69) is 16.8 Å². The summed E-state index contributed by atoms with van der Waals surface area (Å²) in [5.74, 6) is -0.154. The standard InChI is InChI=1S/C24H33N3O2/c1-18-10-12-19(13-11-18)21-22(26-16-14-25(2)15-17-26)24(29)27(23(21)28)20-8-6-4-3-5-7-9-20/h10-13,20H,3-9,14-17H2,1-2H3. The minimum atomic E-state index is -0.0849. The number of amides is 2. The van der Waals surface area contributed by atoms with Crippen LogP contribution in [0.25, 0.3) is 5.57 Å². The molecule has 1 aromatic rings. The Kier molecular flexibility index (Phi) is 6.04. The third-order valence-electron chi connectivity index (χ3n) is 6.69. The van der Waals surface area contributed by atoms with Crippen LogP contribution in [0.15, 0.2) is 30.0 Å². The first-order valence-electron chi connectivity index (χ1n) is 11.2. The van der Waals surface area contributed by atoms with Crippen molar-refractivity contribution < 1.29 is 9.59 Å². The number of hydrogen-bond donors (Lipinski definition) is 0. The molecule has 1 saturated heterocycles. The Morgan fingerprint density at radius 3 is 2.00 bits per heavy atom. The van der Waals surface area contributed by atoms with Crippen LogP contribution in [0.5, 0.6) is 0 Å². The van der Waals surface area contributed by atoms with Gasteiger partial charge in [0.25, 0.3) is 11.8 Å². The molecule has 2 aliphatic heterocycles. The number of aryl methyl sites for hydroxylation is 1. The third-order valence-corrected chi connectivity index (χ3v) is 6.69. The first-order chi connectivity index (χ1) is 14.1. The fourth-order valence-corrected chi connectivity index (χ4v) is 4.86. The van der Waals surface area contributed by atoms with E-state index in [4.69, 9.17) is 0 Å². The average molecular weight is 396 g/mol. The molecule has 0 N–H and O–H groups in total. The Labute approximate surface area is 174 Å². The third kappa shape index (κ3) is 4.11. The summed E-state index contributed by atoms with van der Waals surface area (Å²) in [5.41, 5.74) is 3.27. The monoisotopic (exact) mass is 395 g/mol. The topological polar surface area (TPSA) is 43.9 Å². The summed E-state index contributed by atoms with van der Waals surface area (Å²) in [4.78, 5) is 33.3. The molecule has 2 fully saturated rings. The normalized spacial score (nSPS) is 23.0. The highest BCUT2D eigenvalue weighted by Gasteiger charge is 2.44. The number of nitrogens with zero attached hydrogens (tertiary/aromatic N) is 3. The summed E-state index contributed by atoms with van der Waals surface area (Å²) in [5, 5.41) is 0. The Morgan fingerprint density at radius 2 is 1.38 bits per heavy atom. The van der Waals surface area contributed by atoms with E-state index in [1.165, 1.54) is 19.3 Å². The first-order valence-corrected chi connectivity index (χ1v) is 11.2. The van der Waals surface area contributed by atoms with E-state index in [1.807, 2.05) is 31.2 Å². The number of rotatable bonds is 3. The largest absolute Gasteiger partial charge is 0.364 e. The second kappa shape index (κ2) is 8.70. The van der Waals surface area contributed by atoms with Gasteiger partial charge in [-0.1, -0.05) is 61.9 Å². The fraction of sp³-hybridized carbons (Fsp3) is 0.583. The molecule has 1 saturated carbocycles. The zero-order valence-corrected chi connectivity index (χ0v) is 17.8. The summed E-state index contributed by atoms with van der Waals surface area (Å²) < 4.78 is 0. The number of hydrogen-bond acceptors (Lipinski definition) is 4. The lowest BCUT2D eigenvalue weighted by Gasteiger charge is -2.35. The molecule has 1 aliphatic carbocycles. The summed E-state index contributed by atoms with van der Waals surface area (Å²) in [6.45, 7) is 5.45. The van der Waals surface area contributed by atoms with Gasteiger partial charge in [-0.3, -0.25) is 14.5 Å². The number of likely N-dealkylation sites (N-methyl/N-ethyl adjacent to an activating group) is 1. The zero-order valence-electron chi connectivity index (χ0n) is 17.8. The van der Waals surface area contributed by atoms with Crippen molar-refractivity contribution in [3.05, 3.63) is 41.1 Å². The summed E-state index contributed by atoms with van der Waals surface area (Å²) in [6.07, 6.45) is 7.76. The molecule has 3 aliphatic rings. The molecule has 4 rings (SSSR count). The lowest BCUT2D eigenvalue weighted by atomic mass is 9.95. The molecule has 0 aromatic heterocycles. The summed E-state index contributed by atoms with van der Waals surface area (Å²) in [6, 6.07) is 8.09. The van der Waals surface area contributed by atoms with Crippen LogP contribution in [-0.2, 0) is 9.59 Å². The van der Waals surface area contributed by atoms with Gasteiger partial charge >= 0.3 is 0 Å². The van der Waals surface area contributed by atoms with Crippen molar-refractivity contribution in [2.45, 2.75) is 57.9 Å². The van der Waals surface area contributed by atoms with Crippen LogP contribution in [-0.4, -0.2) is 65.8 Å². The van der Waals surface area contributed by atoms with Crippen molar-refractivity contribution in [3.8, 4) is 0 Å². The van der Waals surface area contributed by atoms with Gasteiger partial charge in [0.2, 0.25) is 0 Å². The van der Waals surface area contributed by atoms with E-state index < -0.39 is 0 Å². The first kappa shape index (κ1) is 20.1. The van der Waals surface area contributed by atoms with Gasteiger partial charge in [-0.25, -0.2) is 0 Å². The van der Waals surface area contributed by atoms with E-state index in [0.717, 1.165) is 63.0 Å². The molecule has 0 radical (unpaired) electrons. The van der Waals surface area contributed by atoms with Crippen molar-refractivity contribution in [1.29, 1.82) is 0 Å². The highest BCUT2D eigenvalue weighted by atomic mass is 16.2. The Bertz CT molecular complexity index is 783. The number of imide groups is 1. The van der Waals surface area contributed by atoms with Crippen molar-refractivity contribution >= 4 is 17.4 Å². The molecule has 29 heavy (non-hydrogen) atoms. The van der Waals surface area contributed by atoms with Crippen LogP contribution in [0.3, 0.4) is 0 Å².